The van der Waals surface area contributed by atoms with Gasteiger partial charge in [-0.1, -0.05) is 0 Å². The van der Waals surface area contributed by atoms with Gasteiger partial charge in [0.1, 0.15) is 4.60 Å². The molecule has 0 radical (unpaired) electrons. The summed E-state index contributed by atoms with van der Waals surface area (Å²) in [6, 6.07) is 0. The van der Waals surface area contributed by atoms with Crippen LogP contribution >= 0.6 is 31.9 Å². The third-order valence-corrected chi connectivity index (χ3v) is 3.43. The van der Waals surface area contributed by atoms with E-state index in [2.05, 4.69) is 36.8 Å². The number of hydrogen-bond acceptors (Lipinski definition) is 2. The van der Waals surface area contributed by atoms with Gasteiger partial charge in [0.15, 0.2) is 0 Å². The Morgan fingerprint density at radius 1 is 1.50 bits per heavy atom. The fourth-order valence-electron chi connectivity index (χ4n) is 0.886. The lowest BCUT2D eigenvalue weighted by atomic mass is 10.1. The van der Waals surface area contributed by atoms with E-state index in [1.54, 1.807) is 0 Å². The van der Waals surface area contributed by atoms with Crippen LogP contribution in [0.2, 0.25) is 0 Å². The van der Waals surface area contributed by atoms with Gasteiger partial charge in [-0.2, -0.15) is 0 Å². The van der Waals surface area contributed by atoms with Gasteiger partial charge in [-0.3, -0.25) is 4.79 Å². The van der Waals surface area contributed by atoms with Crippen LogP contribution in [-0.2, 0) is 0 Å². The molecule has 1 aromatic heterocycles. The van der Waals surface area contributed by atoms with Gasteiger partial charge < -0.3 is 5.73 Å². The summed E-state index contributed by atoms with van der Waals surface area (Å²) in [6.07, 6.45) is -1.77. The summed E-state index contributed by atoms with van der Waals surface area (Å²) in [5.74, 6) is -0.930. The largest absolute Gasteiger partial charge is 0.366 e. The number of pyridine rings is 1. The SMILES string of the molecule is NC(=O)c1cnc(Br)c(Br)c1C(F)F. The van der Waals surface area contributed by atoms with Crippen LogP contribution in [0.3, 0.4) is 0 Å². The lowest BCUT2D eigenvalue weighted by Crippen LogP contribution is -2.15. The number of nitrogens with two attached hydrogens (primary N) is 1. The highest BCUT2D eigenvalue weighted by molar-refractivity contribution is 9.13. The second-order valence-electron chi connectivity index (χ2n) is 2.36. The van der Waals surface area contributed by atoms with E-state index in [4.69, 9.17) is 5.73 Å². The summed E-state index contributed by atoms with van der Waals surface area (Å²) < 4.78 is 25.3. The van der Waals surface area contributed by atoms with Crippen molar-refractivity contribution >= 4 is 37.8 Å². The van der Waals surface area contributed by atoms with E-state index in [9.17, 15) is 13.6 Å². The van der Waals surface area contributed by atoms with Gasteiger partial charge in [0.2, 0.25) is 0 Å². The van der Waals surface area contributed by atoms with E-state index in [1.165, 1.54) is 0 Å². The van der Waals surface area contributed by atoms with Gasteiger partial charge in [-0.15, -0.1) is 0 Å². The highest BCUT2D eigenvalue weighted by Gasteiger charge is 2.22. The quantitative estimate of drug-likeness (QED) is 0.848. The molecule has 0 aromatic carbocycles. The lowest BCUT2D eigenvalue weighted by molar-refractivity contribution is 0.0985. The summed E-state index contributed by atoms with van der Waals surface area (Å²) in [7, 11) is 0. The Kier molecular flexibility index (Phi) is 3.54. The first kappa shape index (κ1) is 11.5. The van der Waals surface area contributed by atoms with Crippen LogP contribution in [-0.4, -0.2) is 10.9 Å². The van der Waals surface area contributed by atoms with E-state index in [0.29, 0.717) is 0 Å². The predicted octanol–water partition coefficient (Wildman–Crippen LogP) is 2.64. The minimum Gasteiger partial charge on any atom is -0.366 e. The maximum absolute atomic E-state index is 12.5. The van der Waals surface area contributed by atoms with Crippen molar-refractivity contribution in [2.24, 2.45) is 5.73 Å². The molecular weight excluding hydrogens is 326 g/mol. The minimum atomic E-state index is -2.79. The number of amides is 1. The maximum atomic E-state index is 12.5. The van der Waals surface area contributed by atoms with Gasteiger partial charge in [-0.05, 0) is 31.9 Å². The Hall–Kier alpha value is -0.560. The standard InChI is InChI=1S/C7H4Br2F2N2O/c8-4-3(6(10)11)2(7(12)14)1-13-5(4)9/h1,6H,(H2,12,14). The molecular formula is C7H4Br2F2N2O. The number of hydrogen-bond donors (Lipinski definition) is 1. The molecule has 0 bridgehead atoms. The number of aromatic nitrogens is 1. The topological polar surface area (TPSA) is 56.0 Å². The number of alkyl halides is 2. The molecule has 3 nitrogen and oxygen atoms in total. The molecule has 0 fully saturated rings. The molecule has 0 aliphatic heterocycles. The summed E-state index contributed by atoms with van der Waals surface area (Å²) in [4.78, 5) is 14.5. The molecule has 1 rings (SSSR count). The number of rotatable bonds is 2. The fraction of sp³-hybridized carbons (Fsp3) is 0.143. The number of halogens is 4. The molecule has 0 atom stereocenters. The fourth-order valence-corrected chi connectivity index (χ4v) is 1.69. The molecule has 0 saturated heterocycles. The Morgan fingerprint density at radius 2 is 2.07 bits per heavy atom. The minimum absolute atomic E-state index is 0.0452. The van der Waals surface area contributed by atoms with E-state index >= 15 is 0 Å². The average molecular weight is 330 g/mol. The number of carbonyl (C=O) groups excluding carboxylic acids is 1. The molecule has 76 valence electrons. The smallest absolute Gasteiger partial charge is 0.265 e. The summed E-state index contributed by atoms with van der Waals surface area (Å²) in [5, 5.41) is 0. The molecule has 1 heterocycles. The van der Waals surface area contributed by atoms with Crippen molar-refractivity contribution in [1.82, 2.24) is 4.98 Å². The van der Waals surface area contributed by atoms with E-state index < -0.39 is 17.9 Å². The van der Waals surface area contributed by atoms with Crippen LogP contribution in [0.1, 0.15) is 22.3 Å². The predicted molar refractivity (Wildman–Crippen MR) is 53.1 cm³/mol. The van der Waals surface area contributed by atoms with Gasteiger partial charge in [0, 0.05) is 11.8 Å². The first-order valence-electron chi connectivity index (χ1n) is 3.37. The zero-order valence-electron chi connectivity index (χ0n) is 6.60. The molecule has 0 aliphatic carbocycles. The summed E-state index contributed by atoms with van der Waals surface area (Å²) in [5.41, 5.74) is 4.20. The number of nitrogens with zero attached hydrogens (tertiary/aromatic N) is 1. The maximum Gasteiger partial charge on any atom is 0.265 e. The second-order valence-corrected chi connectivity index (χ2v) is 3.90. The molecule has 0 saturated carbocycles. The Labute approximate surface area is 94.9 Å². The molecule has 14 heavy (non-hydrogen) atoms. The van der Waals surface area contributed by atoms with Gasteiger partial charge in [0.25, 0.3) is 12.3 Å². The molecule has 7 heteroatoms. The van der Waals surface area contributed by atoms with Crippen LogP contribution in [0, 0.1) is 0 Å². The van der Waals surface area contributed by atoms with Crippen molar-refractivity contribution in [3.63, 3.8) is 0 Å². The van der Waals surface area contributed by atoms with Gasteiger partial charge in [0.05, 0.1) is 10.0 Å². The Bertz CT molecular complexity index is 384. The monoisotopic (exact) mass is 328 g/mol. The van der Waals surface area contributed by atoms with Crippen molar-refractivity contribution in [3.8, 4) is 0 Å². The number of carbonyl (C=O) groups is 1. The summed E-state index contributed by atoms with van der Waals surface area (Å²) in [6.45, 7) is 0. The Balaban J connectivity index is 3.45. The van der Waals surface area contributed by atoms with Crippen LogP contribution in [0.25, 0.3) is 0 Å². The lowest BCUT2D eigenvalue weighted by Gasteiger charge is -2.08. The zero-order valence-corrected chi connectivity index (χ0v) is 9.77. The highest BCUT2D eigenvalue weighted by atomic mass is 79.9. The van der Waals surface area contributed by atoms with E-state index in [0.717, 1.165) is 6.20 Å². The van der Waals surface area contributed by atoms with Crippen molar-refractivity contribution < 1.29 is 13.6 Å². The molecule has 0 unspecified atom stereocenters. The van der Waals surface area contributed by atoms with E-state index in [1.807, 2.05) is 0 Å². The summed E-state index contributed by atoms with van der Waals surface area (Å²) >= 11 is 5.86. The van der Waals surface area contributed by atoms with Gasteiger partial charge >= 0.3 is 0 Å². The molecule has 0 spiro atoms. The van der Waals surface area contributed by atoms with Crippen molar-refractivity contribution in [2.45, 2.75) is 6.43 Å². The highest BCUT2D eigenvalue weighted by Crippen LogP contribution is 2.34. The van der Waals surface area contributed by atoms with Gasteiger partial charge in [-0.25, -0.2) is 13.8 Å². The van der Waals surface area contributed by atoms with Crippen molar-refractivity contribution in [1.29, 1.82) is 0 Å². The first-order valence-corrected chi connectivity index (χ1v) is 4.95. The average Bonchev–Trinajstić information content (AvgIpc) is 2.08. The third kappa shape index (κ3) is 2.09. The van der Waals surface area contributed by atoms with Crippen LogP contribution < -0.4 is 5.73 Å². The molecule has 2 N–H and O–H groups in total. The zero-order chi connectivity index (χ0) is 10.9. The van der Waals surface area contributed by atoms with Crippen LogP contribution in [0.5, 0.6) is 0 Å². The molecule has 1 amide bonds. The van der Waals surface area contributed by atoms with Crippen molar-refractivity contribution in [3.05, 3.63) is 26.4 Å². The molecule has 0 aliphatic rings. The normalized spacial score (nSPS) is 10.6. The van der Waals surface area contributed by atoms with Crippen LogP contribution in [0.15, 0.2) is 15.3 Å². The number of primary amides is 1. The second kappa shape index (κ2) is 4.31. The Morgan fingerprint density at radius 3 is 2.50 bits per heavy atom. The van der Waals surface area contributed by atoms with Crippen LogP contribution in [0.4, 0.5) is 8.78 Å². The van der Waals surface area contributed by atoms with E-state index in [-0.39, 0.29) is 14.6 Å². The third-order valence-electron chi connectivity index (χ3n) is 1.50. The molecule has 1 aromatic rings. The van der Waals surface area contributed by atoms with Crippen molar-refractivity contribution in [2.75, 3.05) is 0 Å². The first-order chi connectivity index (χ1) is 6.45.